The summed E-state index contributed by atoms with van der Waals surface area (Å²) in [7, 11) is 2.26. The van der Waals surface area contributed by atoms with Crippen LogP contribution in [-0.4, -0.2) is 61.2 Å². The van der Waals surface area contributed by atoms with Crippen LogP contribution in [-0.2, 0) is 0 Å². The summed E-state index contributed by atoms with van der Waals surface area (Å²) in [6.45, 7) is 5.09. The maximum Gasteiger partial charge on any atom is 0.0349 e. The summed E-state index contributed by atoms with van der Waals surface area (Å²) in [6, 6.07) is 2.62. The van der Waals surface area contributed by atoms with E-state index in [1.807, 2.05) is 0 Å². The van der Waals surface area contributed by atoms with Crippen LogP contribution in [0.2, 0.25) is 0 Å². The summed E-state index contributed by atoms with van der Waals surface area (Å²) in [5.41, 5.74) is 0. The molecule has 2 atom stereocenters. The van der Waals surface area contributed by atoms with Gasteiger partial charge < -0.3 is 10.2 Å². The number of hydrogen-bond donors (Lipinski definition) is 1. The lowest BCUT2D eigenvalue weighted by atomic mass is 10.1. The van der Waals surface area contributed by atoms with E-state index in [-0.39, 0.29) is 0 Å². The van der Waals surface area contributed by atoms with Gasteiger partial charge in [0.2, 0.25) is 0 Å². The van der Waals surface area contributed by atoms with Crippen molar-refractivity contribution in [1.29, 1.82) is 0 Å². The number of nitrogens with one attached hydrogen (secondary N) is 1. The van der Waals surface area contributed by atoms with Crippen LogP contribution in [0.15, 0.2) is 0 Å². The highest BCUT2D eigenvalue weighted by molar-refractivity contribution is 5.03. The summed E-state index contributed by atoms with van der Waals surface area (Å²) in [6.07, 6.45) is 1.42. The highest BCUT2D eigenvalue weighted by Crippen LogP contribution is 2.31. The molecule has 3 heteroatoms. The quantitative estimate of drug-likeness (QED) is 0.560. The van der Waals surface area contributed by atoms with Gasteiger partial charge in [-0.2, -0.15) is 0 Å². The van der Waals surface area contributed by atoms with Crippen molar-refractivity contribution < 1.29 is 0 Å². The molecule has 0 spiro atoms. The first-order valence-corrected chi connectivity index (χ1v) is 5.01. The van der Waals surface area contributed by atoms with E-state index in [1.54, 1.807) is 0 Å². The Morgan fingerprint density at radius 3 is 2.33 bits per heavy atom. The lowest BCUT2D eigenvalue weighted by Gasteiger charge is -2.42. The first-order chi connectivity index (χ1) is 5.84. The Morgan fingerprint density at radius 1 is 1.08 bits per heavy atom. The van der Waals surface area contributed by atoms with Gasteiger partial charge in [-0.05, 0) is 13.5 Å². The monoisotopic (exact) mass is 167 g/mol. The van der Waals surface area contributed by atoms with E-state index >= 15 is 0 Å². The Kier molecular flexibility index (Phi) is 1.48. The predicted octanol–water partition coefficient (Wildman–Crippen LogP) is -0.653. The van der Waals surface area contributed by atoms with Crippen molar-refractivity contribution in [3.8, 4) is 0 Å². The number of likely N-dealkylation sites (tertiary alicyclic amines) is 2. The summed E-state index contributed by atoms with van der Waals surface area (Å²) < 4.78 is 0. The minimum Gasteiger partial charge on any atom is -0.314 e. The lowest BCUT2D eigenvalue weighted by Crippen LogP contribution is -2.61. The molecule has 0 aromatic carbocycles. The van der Waals surface area contributed by atoms with Gasteiger partial charge in [-0.15, -0.1) is 0 Å². The Hall–Kier alpha value is -0.120. The summed E-state index contributed by atoms with van der Waals surface area (Å²) in [4.78, 5) is 5.24. The molecule has 3 saturated heterocycles. The molecular formula is C9H17N3. The first kappa shape index (κ1) is 7.30. The third-order valence-corrected chi connectivity index (χ3v) is 3.79. The van der Waals surface area contributed by atoms with Gasteiger partial charge in [0.25, 0.3) is 0 Å². The predicted molar refractivity (Wildman–Crippen MR) is 48.2 cm³/mol. The van der Waals surface area contributed by atoms with E-state index in [4.69, 9.17) is 0 Å². The second kappa shape index (κ2) is 2.44. The molecule has 3 nitrogen and oxygen atoms in total. The number of fused-ring (bicyclic) bond motifs is 2. The van der Waals surface area contributed by atoms with E-state index < -0.39 is 0 Å². The van der Waals surface area contributed by atoms with Gasteiger partial charge in [0.05, 0.1) is 0 Å². The van der Waals surface area contributed by atoms with Crippen LogP contribution in [0.1, 0.15) is 6.42 Å². The first-order valence-electron chi connectivity index (χ1n) is 5.01. The maximum absolute atomic E-state index is 3.35. The highest BCUT2D eigenvalue weighted by atomic mass is 15.4. The largest absolute Gasteiger partial charge is 0.314 e. The number of piperazine rings is 1. The Balaban J connectivity index is 1.69. The van der Waals surface area contributed by atoms with Gasteiger partial charge in [-0.3, -0.25) is 4.90 Å². The number of rotatable bonds is 1. The van der Waals surface area contributed by atoms with Gasteiger partial charge in [0, 0.05) is 44.3 Å². The third-order valence-electron chi connectivity index (χ3n) is 3.79. The average molecular weight is 167 g/mol. The zero-order valence-electron chi connectivity index (χ0n) is 7.66. The van der Waals surface area contributed by atoms with E-state index in [0.29, 0.717) is 0 Å². The van der Waals surface area contributed by atoms with Crippen molar-refractivity contribution in [3.05, 3.63) is 0 Å². The van der Waals surface area contributed by atoms with Crippen LogP contribution in [0, 0.1) is 0 Å². The smallest absolute Gasteiger partial charge is 0.0349 e. The molecule has 3 aliphatic rings. The van der Waals surface area contributed by atoms with E-state index in [1.165, 1.54) is 32.6 Å². The normalized spacial score (nSPS) is 43.8. The molecule has 3 fully saturated rings. The number of hydrogen-bond acceptors (Lipinski definition) is 3. The Labute approximate surface area is 73.7 Å². The van der Waals surface area contributed by atoms with E-state index in [2.05, 4.69) is 22.2 Å². The molecule has 0 radical (unpaired) electrons. The van der Waals surface area contributed by atoms with Gasteiger partial charge >= 0.3 is 0 Å². The van der Waals surface area contributed by atoms with Crippen molar-refractivity contribution in [3.63, 3.8) is 0 Å². The van der Waals surface area contributed by atoms with Crippen LogP contribution in [0.3, 0.4) is 0 Å². The van der Waals surface area contributed by atoms with Crippen molar-refractivity contribution >= 4 is 0 Å². The molecule has 0 aromatic rings. The minimum atomic E-state index is 0.869. The van der Waals surface area contributed by atoms with Crippen LogP contribution < -0.4 is 5.32 Å². The van der Waals surface area contributed by atoms with Crippen LogP contribution in [0.25, 0.3) is 0 Å². The van der Waals surface area contributed by atoms with Crippen molar-refractivity contribution in [2.45, 2.75) is 24.5 Å². The molecule has 0 amide bonds. The summed E-state index contributed by atoms with van der Waals surface area (Å²) in [5, 5.41) is 3.35. The second-order valence-electron chi connectivity index (χ2n) is 4.49. The molecular weight excluding hydrogens is 150 g/mol. The molecule has 3 rings (SSSR count). The van der Waals surface area contributed by atoms with Crippen molar-refractivity contribution in [1.82, 2.24) is 15.1 Å². The van der Waals surface area contributed by atoms with E-state index in [0.717, 1.165) is 18.1 Å². The Morgan fingerprint density at radius 2 is 1.92 bits per heavy atom. The lowest BCUT2D eigenvalue weighted by molar-refractivity contribution is 0.0791. The molecule has 2 unspecified atom stereocenters. The molecule has 0 saturated carbocycles. The molecule has 3 aliphatic heterocycles. The van der Waals surface area contributed by atoms with Crippen LogP contribution in [0.5, 0.6) is 0 Å². The summed E-state index contributed by atoms with van der Waals surface area (Å²) >= 11 is 0. The fourth-order valence-corrected chi connectivity index (χ4v) is 2.85. The molecule has 68 valence electrons. The minimum absolute atomic E-state index is 0.869. The molecule has 12 heavy (non-hydrogen) atoms. The molecule has 1 N–H and O–H groups in total. The van der Waals surface area contributed by atoms with Crippen LogP contribution in [0.4, 0.5) is 0 Å². The summed E-state index contributed by atoms with van der Waals surface area (Å²) in [5.74, 6) is 0. The second-order valence-corrected chi connectivity index (χ2v) is 4.49. The third kappa shape index (κ3) is 0.873. The SMILES string of the molecule is CN1CC2CC1CN2C1CNC1. The number of likely N-dealkylation sites (N-methyl/N-ethyl adjacent to an activating group) is 1. The molecule has 3 heterocycles. The zero-order valence-corrected chi connectivity index (χ0v) is 7.66. The van der Waals surface area contributed by atoms with Gasteiger partial charge in [0.15, 0.2) is 0 Å². The average Bonchev–Trinajstić information content (AvgIpc) is 2.42. The number of nitrogens with zero attached hydrogens (tertiary/aromatic N) is 2. The van der Waals surface area contributed by atoms with Gasteiger partial charge in [0.1, 0.15) is 0 Å². The van der Waals surface area contributed by atoms with E-state index in [9.17, 15) is 0 Å². The van der Waals surface area contributed by atoms with Crippen molar-refractivity contribution in [2.75, 3.05) is 33.2 Å². The fraction of sp³-hybridized carbons (Fsp3) is 1.00. The standard InChI is InChI=1S/C9H17N3/c1-11-5-8-2-7(11)6-12(8)9-3-10-4-9/h7-10H,2-6H2,1H3. The maximum atomic E-state index is 3.35. The van der Waals surface area contributed by atoms with Crippen LogP contribution >= 0.6 is 0 Å². The fourth-order valence-electron chi connectivity index (χ4n) is 2.85. The highest BCUT2D eigenvalue weighted by Gasteiger charge is 2.44. The molecule has 0 aromatic heterocycles. The molecule has 2 bridgehead atoms. The van der Waals surface area contributed by atoms with Gasteiger partial charge in [-0.1, -0.05) is 0 Å². The zero-order chi connectivity index (χ0) is 8.13. The van der Waals surface area contributed by atoms with Crippen molar-refractivity contribution in [2.24, 2.45) is 0 Å². The Bertz CT molecular complexity index is 188. The van der Waals surface area contributed by atoms with Gasteiger partial charge in [-0.25, -0.2) is 0 Å². The molecule has 0 aliphatic carbocycles. The topological polar surface area (TPSA) is 18.5 Å².